The minimum atomic E-state index is -0.0382. The molecule has 0 aromatic carbocycles. The molecule has 66 valence electrons. The molecule has 1 atom stereocenters. The van der Waals surface area contributed by atoms with E-state index in [2.05, 4.69) is 31.3 Å². The van der Waals surface area contributed by atoms with Crippen molar-refractivity contribution in [3.63, 3.8) is 0 Å². The molecule has 0 fully saturated rings. The Hall–Kier alpha value is -1.24. The van der Waals surface area contributed by atoms with Gasteiger partial charge in [-0.2, -0.15) is 5.21 Å². The summed E-state index contributed by atoms with van der Waals surface area (Å²) in [5.41, 5.74) is 0. The van der Waals surface area contributed by atoms with Crippen molar-refractivity contribution in [2.45, 2.75) is 13.0 Å². The average molecular weight is 186 g/mol. The highest BCUT2D eigenvalue weighted by molar-refractivity contribution is 7.80. The Morgan fingerprint density at radius 3 is 2.92 bits per heavy atom. The number of thiocarbonyl (C=S) groups is 1. The quantitative estimate of drug-likeness (QED) is 0.533. The van der Waals surface area contributed by atoms with Crippen LogP contribution in [-0.4, -0.2) is 32.8 Å². The van der Waals surface area contributed by atoms with Crippen molar-refractivity contribution in [2.75, 3.05) is 7.05 Å². The van der Waals surface area contributed by atoms with Gasteiger partial charge in [-0.3, -0.25) is 0 Å². The minimum absolute atomic E-state index is 0.0382. The fraction of sp³-hybridized carbons (Fsp3) is 0.600. The topological polar surface area (TPSA) is 78.5 Å². The number of hydrogen-bond donors (Lipinski definition) is 3. The van der Waals surface area contributed by atoms with Gasteiger partial charge in [0.1, 0.15) is 0 Å². The van der Waals surface area contributed by atoms with Crippen molar-refractivity contribution >= 4 is 17.3 Å². The Balaban J connectivity index is 2.49. The summed E-state index contributed by atoms with van der Waals surface area (Å²) in [6.45, 7) is 1.90. The number of aromatic amines is 1. The Kier molecular flexibility index (Phi) is 2.92. The second-order valence-corrected chi connectivity index (χ2v) is 2.62. The van der Waals surface area contributed by atoms with Gasteiger partial charge in [-0.15, -0.1) is 10.2 Å². The number of hydrogen-bond acceptors (Lipinski definition) is 4. The smallest absolute Gasteiger partial charge is 0.196 e. The Morgan fingerprint density at radius 1 is 1.67 bits per heavy atom. The van der Waals surface area contributed by atoms with Gasteiger partial charge in [-0.05, 0) is 19.1 Å². The van der Waals surface area contributed by atoms with Crippen molar-refractivity contribution < 1.29 is 0 Å². The molecule has 0 amide bonds. The summed E-state index contributed by atoms with van der Waals surface area (Å²) in [5.74, 6) is 0.590. The number of nitrogens with zero attached hydrogens (tertiary/aromatic N) is 3. The number of tetrazole rings is 1. The van der Waals surface area contributed by atoms with E-state index >= 15 is 0 Å². The first-order valence-electron chi connectivity index (χ1n) is 3.45. The van der Waals surface area contributed by atoms with Crippen molar-refractivity contribution in [2.24, 2.45) is 0 Å². The number of H-pyrrole nitrogens is 1. The van der Waals surface area contributed by atoms with E-state index in [1.807, 2.05) is 6.92 Å². The van der Waals surface area contributed by atoms with Gasteiger partial charge in [-0.1, -0.05) is 5.21 Å². The highest BCUT2D eigenvalue weighted by Crippen LogP contribution is 2.01. The maximum Gasteiger partial charge on any atom is 0.196 e. The van der Waals surface area contributed by atoms with Crippen molar-refractivity contribution in [3.8, 4) is 0 Å². The monoisotopic (exact) mass is 186 g/mol. The maximum atomic E-state index is 4.90. The van der Waals surface area contributed by atoms with Crippen LogP contribution in [0, 0.1) is 0 Å². The molecule has 0 saturated heterocycles. The minimum Gasteiger partial charge on any atom is -0.366 e. The highest BCUT2D eigenvalue weighted by Gasteiger charge is 2.09. The zero-order valence-electron chi connectivity index (χ0n) is 6.83. The molecule has 1 aromatic heterocycles. The zero-order valence-corrected chi connectivity index (χ0v) is 7.64. The van der Waals surface area contributed by atoms with E-state index in [1.54, 1.807) is 7.05 Å². The first-order valence-corrected chi connectivity index (χ1v) is 3.86. The van der Waals surface area contributed by atoms with Crippen LogP contribution < -0.4 is 10.6 Å². The molecule has 1 rings (SSSR count). The van der Waals surface area contributed by atoms with Crippen molar-refractivity contribution in [1.29, 1.82) is 0 Å². The molecule has 1 heterocycles. The standard InChI is InChI=1S/C5H10N6S/c1-3(7-5(12)6-2)4-8-10-11-9-4/h3H,1-2H3,(H2,6,7,12)(H,8,9,10,11). The molecule has 0 bridgehead atoms. The van der Waals surface area contributed by atoms with Crippen LogP contribution in [0.5, 0.6) is 0 Å². The zero-order chi connectivity index (χ0) is 8.97. The van der Waals surface area contributed by atoms with Crippen LogP contribution in [-0.2, 0) is 0 Å². The Labute approximate surface area is 75.1 Å². The molecule has 12 heavy (non-hydrogen) atoms. The normalized spacial score (nSPS) is 12.2. The third-order valence-corrected chi connectivity index (χ3v) is 1.65. The lowest BCUT2D eigenvalue weighted by atomic mass is 10.3. The van der Waals surface area contributed by atoms with Crippen LogP contribution in [0.4, 0.5) is 0 Å². The van der Waals surface area contributed by atoms with Gasteiger partial charge < -0.3 is 10.6 Å². The summed E-state index contributed by atoms with van der Waals surface area (Å²) in [5, 5.41) is 19.7. The van der Waals surface area contributed by atoms with Gasteiger partial charge in [0.2, 0.25) is 0 Å². The molecular weight excluding hydrogens is 176 g/mol. The summed E-state index contributed by atoms with van der Waals surface area (Å²) >= 11 is 4.90. The van der Waals surface area contributed by atoms with E-state index in [9.17, 15) is 0 Å². The molecule has 0 aliphatic rings. The molecule has 0 radical (unpaired) electrons. The lowest BCUT2D eigenvalue weighted by molar-refractivity contribution is 0.659. The highest BCUT2D eigenvalue weighted by atomic mass is 32.1. The van der Waals surface area contributed by atoms with Gasteiger partial charge in [0, 0.05) is 7.05 Å². The van der Waals surface area contributed by atoms with E-state index in [-0.39, 0.29) is 6.04 Å². The summed E-state index contributed by atoms with van der Waals surface area (Å²) in [6, 6.07) is -0.0382. The molecule has 0 aliphatic carbocycles. The van der Waals surface area contributed by atoms with Crippen LogP contribution >= 0.6 is 12.2 Å². The van der Waals surface area contributed by atoms with E-state index < -0.39 is 0 Å². The first kappa shape index (κ1) is 8.85. The molecule has 1 aromatic rings. The van der Waals surface area contributed by atoms with Crippen LogP contribution in [0.25, 0.3) is 0 Å². The summed E-state index contributed by atoms with van der Waals surface area (Å²) in [6.07, 6.45) is 0. The first-order chi connectivity index (χ1) is 5.74. The molecule has 0 aliphatic heterocycles. The van der Waals surface area contributed by atoms with Crippen LogP contribution in [0.3, 0.4) is 0 Å². The Bertz CT molecular complexity index is 244. The van der Waals surface area contributed by atoms with Crippen LogP contribution in [0.1, 0.15) is 18.8 Å². The average Bonchev–Trinajstić information content (AvgIpc) is 2.56. The predicted octanol–water partition coefficient (Wildman–Crippen LogP) is -0.645. The summed E-state index contributed by atoms with van der Waals surface area (Å²) < 4.78 is 0. The number of nitrogens with one attached hydrogen (secondary N) is 3. The predicted molar refractivity (Wildman–Crippen MR) is 47.4 cm³/mol. The molecule has 0 saturated carbocycles. The maximum absolute atomic E-state index is 4.90. The van der Waals surface area contributed by atoms with Gasteiger partial charge in [0.05, 0.1) is 6.04 Å². The summed E-state index contributed by atoms with van der Waals surface area (Å²) in [7, 11) is 1.75. The van der Waals surface area contributed by atoms with Gasteiger partial charge >= 0.3 is 0 Å². The fourth-order valence-corrected chi connectivity index (χ4v) is 0.863. The Morgan fingerprint density at radius 2 is 2.42 bits per heavy atom. The van der Waals surface area contributed by atoms with Crippen molar-refractivity contribution in [3.05, 3.63) is 5.82 Å². The fourth-order valence-electron chi connectivity index (χ4n) is 0.686. The largest absolute Gasteiger partial charge is 0.366 e. The van der Waals surface area contributed by atoms with Gasteiger partial charge in [0.15, 0.2) is 10.9 Å². The van der Waals surface area contributed by atoms with Gasteiger partial charge in [0.25, 0.3) is 0 Å². The molecule has 7 heteroatoms. The number of rotatable bonds is 2. The third kappa shape index (κ3) is 2.12. The lowest BCUT2D eigenvalue weighted by Gasteiger charge is -2.10. The number of aromatic nitrogens is 4. The molecular formula is C5H10N6S. The second kappa shape index (κ2) is 3.96. The van der Waals surface area contributed by atoms with E-state index in [1.165, 1.54) is 0 Å². The lowest BCUT2D eigenvalue weighted by Crippen LogP contribution is -2.34. The van der Waals surface area contributed by atoms with Gasteiger partial charge in [-0.25, -0.2) is 0 Å². The van der Waals surface area contributed by atoms with E-state index in [4.69, 9.17) is 12.2 Å². The molecule has 0 spiro atoms. The molecule has 1 unspecified atom stereocenters. The molecule has 6 nitrogen and oxygen atoms in total. The van der Waals surface area contributed by atoms with E-state index in [0.29, 0.717) is 10.9 Å². The SMILES string of the molecule is CNC(=S)NC(C)c1nn[nH]n1. The molecule has 3 N–H and O–H groups in total. The second-order valence-electron chi connectivity index (χ2n) is 2.22. The van der Waals surface area contributed by atoms with Crippen molar-refractivity contribution in [1.82, 2.24) is 31.3 Å². The van der Waals surface area contributed by atoms with E-state index in [0.717, 1.165) is 0 Å². The van der Waals surface area contributed by atoms with Crippen LogP contribution in [0.15, 0.2) is 0 Å². The third-order valence-electron chi connectivity index (χ3n) is 1.32. The summed E-state index contributed by atoms with van der Waals surface area (Å²) in [4.78, 5) is 0. The van der Waals surface area contributed by atoms with Crippen LogP contribution in [0.2, 0.25) is 0 Å².